The summed E-state index contributed by atoms with van der Waals surface area (Å²) in [5.74, 6) is 0. The topological polar surface area (TPSA) is 9.23 Å². The fourth-order valence-electron chi connectivity index (χ4n) is 3.69. The van der Waals surface area contributed by atoms with E-state index in [1.807, 2.05) is 0 Å². The summed E-state index contributed by atoms with van der Waals surface area (Å²) in [7, 11) is 0. The quantitative estimate of drug-likeness (QED) is 0.517. The van der Waals surface area contributed by atoms with Gasteiger partial charge in [0, 0.05) is 5.41 Å². The molecule has 2 unspecified atom stereocenters. The molecular weight excluding hydrogens is 136 g/mol. The highest BCUT2D eigenvalue weighted by Gasteiger charge is 2.69. The zero-order valence-corrected chi connectivity index (χ0v) is 7.39. The molecule has 1 saturated heterocycles. The summed E-state index contributed by atoms with van der Waals surface area (Å²) in [6.07, 6.45) is 6.71. The van der Waals surface area contributed by atoms with Crippen molar-refractivity contribution in [2.24, 2.45) is 10.8 Å². The maximum absolute atomic E-state index is 5.82. The Bertz CT molecular complexity index is 191. The van der Waals surface area contributed by atoms with Crippen LogP contribution >= 0.6 is 0 Å². The highest BCUT2D eigenvalue weighted by molar-refractivity contribution is 5.17. The van der Waals surface area contributed by atoms with E-state index < -0.39 is 0 Å². The largest absolute Gasteiger partial charge is 0.374 e. The van der Waals surface area contributed by atoms with E-state index in [1.165, 1.54) is 25.7 Å². The maximum Gasteiger partial charge on any atom is 0.0663 e. The van der Waals surface area contributed by atoms with Crippen LogP contribution in [0.15, 0.2) is 0 Å². The van der Waals surface area contributed by atoms with E-state index in [1.54, 1.807) is 0 Å². The highest BCUT2D eigenvalue weighted by atomic mass is 16.5. The van der Waals surface area contributed by atoms with E-state index >= 15 is 0 Å². The molecule has 0 radical (unpaired) electrons. The zero-order valence-electron chi connectivity index (χ0n) is 7.39. The van der Waals surface area contributed by atoms with Crippen molar-refractivity contribution in [3.8, 4) is 0 Å². The first-order chi connectivity index (χ1) is 5.17. The van der Waals surface area contributed by atoms with Crippen molar-refractivity contribution in [3.63, 3.8) is 0 Å². The second-order valence-corrected chi connectivity index (χ2v) is 5.03. The second-order valence-electron chi connectivity index (χ2n) is 5.03. The highest BCUT2D eigenvalue weighted by Crippen LogP contribution is 2.69. The average Bonchev–Trinajstić information content (AvgIpc) is 2.19. The first-order valence-corrected chi connectivity index (χ1v) is 4.82. The minimum absolute atomic E-state index is 0.576. The van der Waals surface area contributed by atoms with Gasteiger partial charge in [-0.2, -0.15) is 0 Å². The Balaban J connectivity index is 2.09. The van der Waals surface area contributed by atoms with Crippen molar-refractivity contribution in [2.45, 2.75) is 51.7 Å². The molecule has 3 aliphatic rings. The van der Waals surface area contributed by atoms with E-state index in [0.717, 1.165) is 0 Å². The summed E-state index contributed by atoms with van der Waals surface area (Å²) in [6.45, 7) is 4.92. The number of hydrogen-bond acceptors (Lipinski definition) is 1. The van der Waals surface area contributed by atoms with Gasteiger partial charge in [0.05, 0.1) is 12.2 Å². The van der Waals surface area contributed by atoms with Crippen molar-refractivity contribution < 1.29 is 4.74 Å². The van der Waals surface area contributed by atoms with Crippen LogP contribution in [0.4, 0.5) is 0 Å². The standard InChI is InChI=1S/C10H16O/c1-9-5-3-7-10(9,2)8(11-7)4-6-9/h7-8H,3-6H2,1-2H3. The smallest absolute Gasteiger partial charge is 0.0663 e. The fourth-order valence-corrected chi connectivity index (χ4v) is 3.69. The Morgan fingerprint density at radius 3 is 2.09 bits per heavy atom. The summed E-state index contributed by atoms with van der Waals surface area (Å²) in [5, 5.41) is 0. The molecule has 0 aromatic carbocycles. The molecule has 1 heteroatoms. The van der Waals surface area contributed by atoms with Crippen LogP contribution in [0.5, 0.6) is 0 Å². The van der Waals surface area contributed by atoms with E-state index in [-0.39, 0.29) is 0 Å². The second kappa shape index (κ2) is 1.52. The zero-order chi connectivity index (χ0) is 7.69. The Labute approximate surface area is 68.1 Å². The minimum atomic E-state index is 0.576. The van der Waals surface area contributed by atoms with Gasteiger partial charge >= 0.3 is 0 Å². The van der Waals surface area contributed by atoms with Gasteiger partial charge in [0.2, 0.25) is 0 Å². The minimum Gasteiger partial charge on any atom is -0.374 e. The van der Waals surface area contributed by atoms with Gasteiger partial charge in [0.15, 0.2) is 0 Å². The lowest BCUT2D eigenvalue weighted by atomic mass is 9.66. The Morgan fingerprint density at radius 1 is 1.09 bits per heavy atom. The predicted octanol–water partition coefficient (Wildman–Crippen LogP) is 2.35. The first kappa shape index (κ1) is 6.47. The van der Waals surface area contributed by atoms with Gasteiger partial charge in [-0.1, -0.05) is 13.8 Å². The van der Waals surface area contributed by atoms with Crippen molar-refractivity contribution in [2.75, 3.05) is 0 Å². The van der Waals surface area contributed by atoms with Crippen LogP contribution in [0.3, 0.4) is 0 Å². The van der Waals surface area contributed by atoms with Crippen LogP contribution in [0.2, 0.25) is 0 Å². The van der Waals surface area contributed by atoms with E-state index in [9.17, 15) is 0 Å². The van der Waals surface area contributed by atoms with Crippen molar-refractivity contribution >= 4 is 0 Å². The molecule has 0 N–H and O–H groups in total. The lowest BCUT2D eigenvalue weighted by Crippen LogP contribution is -2.56. The first-order valence-electron chi connectivity index (χ1n) is 4.82. The van der Waals surface area contributed by atoms with Gasteiger partial charge in [-0.25, -0.2) is 0 Å². The molecule has 0 bridgehead atoms. The van der Waals surface area contributed by atoms with E-state index in [0.29, 0.717) is 23.0 Å². The third kappa shape index (κ3) is 0.462. The van der Waals surface area contributed by atoms with Gasteiger partial charge in [0.25, 0.3) is 0 Å². The van der Waals surface area contributed by atoms with Gasteiger partial charge in [0.1, 0.15) is 0 Å². The van der Waals surface area contributed by atoms with Gasteiger partial charge in [-0.3, -0.25) is 0 Å². The predicted molar refractivity (Wildman–Crippen MR) is 43.3 cm³/mol. The summed E-state index contributed by atoms with van der Waals surface area (Å²) in [5.41, 5.74) is 1.22. The number of hydrogen-bond donors (Lipinski definition) is 0. The normalized spacial score (nSPS) is 66.0. The molecule has 2 aliphatic carbocycles. The SMILES string of the molecule is CC12CCC3OC(CC1)C32C. The molecule has 1 aliphatic heterocycles. The van der Waals surface area contributed by atoms with Crippen LogP contribution in [0, 0.1) is 10.8 Å². The van der Waals surface area contributed by atoms with E-state index in [2.05, 4.69) is 13.8 Å². The van der Waals surface area contributed by atoms with E-state index in [4.69, 9.17) is 4.74 Å². The summed E-state index contributed by atoms with van der Waals surface area (Å²) < 4.78 is 5.82. The lowest BCUT2D eigenvalue weighted by Gasteiger charge is -2.51. The number of ether oxygens (including phenoxy) is 1. The lowest BCUT2D eigenvalue weighted by molar-refractivity contribution is -0.231. The molecule has 1 nitrogen and oxygen atoms in total. The van der Waals surface area contributed by atoms with Crippen molar-refractivity contribution in [1.29, 1.82) is 0 Å². The van der Waals surface area contributed by atoms with Crippen LogP contribution in [-0.2, 0) is 4.74 Å². The van der Waals surface area contributed by atoms with Gasteiger partial charge < -0.3 is 4.74 Å². The molecule has 0 aromatic rings. The number of rotatable bonds is 0. The molecule has 2 atom stereocenters. The molecular formula is C10H16O. The molecule has 0 aromatic heterocycles. The third-order valence-corrected chi connectivity index (χ3v) is 4.88. The summed E-state index contributed by atoms with van der Waals surface area (Å²) in [6, 6.07) is 0. The summed E-state index contributed by atoms with van der Waals surface area (Å²) >= 11 is 0. The molecule has 3 rings (SSSR count). The van der Waals surface area contributed by atoms with Crippen molar-refractivity contribution in [1.82, 2.24) is 0 Å². The average molecular weight is 152 g/mol. The molecule has 0 amide bonds. The Hall–Kier alpha value is -0.0400. The van der Waals surface area contributed by atoms with Crippen LogP contribution in [0.1, 0.15) is 39.5 Å². The molecule has 0 spiro atoms. The van der Waals surface area contributed by atoms with Crippen LogP contribution in [0.25, 0.3) is 0 Å². The van der Waals surface area contributed by atoms with Crippen molar-refractivity contribution in [3.05, 3.63) is 0 Å². The Kier molecular flexibility index (Phi) is 0.893. The summed E-state index contributed by atoms with van der Waals surface area (Å²) in [4.78, 5) is 0. The van der Waals surface area contributed by atoms with Gasteiger partial charge in [-0.05, 0) is 31.1 Å². The molecule has 11 heavy (non-hydrogen) atoms. The van der Waals surface area contributed by atoms with Gasteiger partial charge in [-0.15, -0.1) is 0 Å². The van der Waals surface area contributed by atoms with Crippen LogP contribution < -0.4 is 0 Å². The third-order valence-electron chi connectivity index (χ3n) is 4.88. The molecule has 2 saturated carbocycles. The molecule has 1 heterocycles. The monoisotopic (exact) mass is 152 g/mol. The fraction of sp³-hybridized carbons (Fsp3) is 1.00. The Morgan fingerprint density at radius 2 is 1.64 bits per heavy atom. The molecule has 3 fully saturated rings. The molecule has 62 valence electrons. The maximum atomic E-state index is 5.82. The van der Waals surface area contributed by atoms with Crippen LogP contribution in [-0.4, -0.2) is 12.2 Å².